The summed E-state index contributed by atoms with van der Waals surface area (Å²) in [4.78, 5) is 17.1. The minimum atomic E-state index is -0.189. The SMILES string of the molecule is Cc1ccc(-c2cn3cccc(C)c3n2)cc1NC(=O)/C=C/c1ccc(Cl)cc1. The summed E-state index contributed by atoms with van der Waals surface area (Å²) in [6.45, 7) is 4.01. The van der Waals surface area contributed by atoms with Crippen molar-refractivity contribution >= 4 is 34.9 Å². The predicted octanol–water partition coefficient (Wildman–Crippen LogP) is 5.92. The number of pyridine rings is 1. The van der Waals surface area contributed by atoms with Crippen molar-refractivity contribution in [3.63, 3.8) is 0 Å². The lowest BCUT2D eigenvalue weighted by Gasteiger charge is -2.08. The summed E-state index contributed by atoms with van der Waals surface area (Å²) >= 11 is 5.89. The van der Waals surface area contributed by atoms with E-state index in [9.17, 15) is 4.79 Å². The lowest BCUT2D eigenvalue weighted by atomic mass is 10.1. The third-order valence-corrected chi connectivity index (χ3v) is 5.02. The van der Waals surface area contributed by atoms with Gasteiger partial charge in [0.05, 0.1) is 5.69 Å². The topological polar surface area (TPSA) is 46.4 Å². The van der Waals surface area contributed by atoms with Gasteiger partial charge in [-0.15, -0.1) is 0 Å². The molecule has 0 unspecified atom stereocenters. The van der Waals surface area contributed by atoms with E-state index in [1.165, 1.54) is 6.08 Å². The summed E-state index contributed by atoms with van der Waals surface area (Å²) < 4.78 is 2.01. The van der Waals surface area contributed by atoms with Crippen LogP contribution >= 0.6 is 11.6 Å². The third kappa shape index (κ3) is 4.23. The Morgan fingerprint density at radius 2 is 1.86 bits per heavy atom. The fourth-order valence-corrected chi connectivity index (χ4v) is 3.25. The quantitative estimate of drug-likeness (QED) is 0.431. The van der Waals surface area contributed by atoms with E-state index in [1.807, 2.05) is 73.1 Å². The lowest BCUT2D eigenvalue weighted by molar-refractivity contribution is -0.111. The number of benzene rings is 2. The zero-order valence-corrected chi connectivity index (χ0v) is 16.9. The molecule has 2 aromatic heterocycles. The number of imidazole rings is 1. The summed E-state index contributed by atoms with van der Waals surface area (Å²) in [6.07, 6.45) is 7.26. The van der Waals surface area contributed by atoms with Crippen LogP contribution in [-0.2, 0) is 4.79 Å². The number of amides is 1. The Hall–Kier alpha value is -3.37. The number of fused-ring (bicyclic) bond motifs is 1. The van der Waals surface area contributed by atoms with Crippen LogP contribution in [0.1, 0.15) is 16.7 Å². The molecular weight excluding hydrogens is 382 g/mol. The molecule has 0 aliphatic heterocycles. The molecule has 4 rings (SSSR count). The molecular formula is C24H20ClN3O. The summed E-state index contributed by atoms with van der Waals surface area (Å²) in [7, 11) is 0. The molecule has 144 valence electrons. The molecule has 1 amide bonds. The second-order valence-corrected chi connectivity index (χ2v) is 7.39. The maximum atomic E-state index is 12.4. The average Bonchev–Trinajstić information content (AvgIpc) is 3.15. The number of halogens is 1. The van der Waals surface area contributed by atoms with Crippen LogP contribution in [0.2, 0.25) is 5.02 Å². The zero-order chi connectivity index (χ0) is 20.4. The first kappa shape index (κ1) is 19.0. The van der Waals surface area contributed by atoms with Gasteiger partial charge in [-0.25, -0.2) is 4.98 Å². The van der Waals surface area contributed by atoms with E-state index < -0.39 is 0 Å². The average molecular weight is 402 g/mol. The minimum Gasteiger partial charge on any atom is -0.322 e. The number of carbonyl (C=O) groups is 1. The molecule has 0 saturated carbocycles. The van der Waals surface area contributed by atoms with Crippen molar-refractivity contribution in [2.24, 2.45) is 0 Å². The van der Waals surface area contributed by atoms with Crippen molar-refractivity contribution in [1.82, 2.24) is 9.38 Å². The van der Waals surface area contributed by atoms with Gasteiger partial charge in [-0.3, -0.25) is 4.79 Å². The van der Waals surface area contributed by atoms with E-state index in [1.54, 1.807) is 18.2 Å². The molecule has 0 saturated heterocycles. The Balaban J connectivity index is 1.57. The first-order chi connectivity index (χ1) is 14.0. The molecule has 1 N–H and O–H groups in total. The normalized spacial score (nSPS) is 11.3. The maximum Gasteiger partial charge on any atom is 0.248 e. The second-order valence-electron chi connectivity index (χ2n) is 6.95. The first-order valence-electron chi connectivity index (χ1n) is 9.29. The Morgan fingerprint density at radius 1 is 1.07 bits per heavy atom. The highest BCUT2D eigenvalue weighted by atomic mass is 35.5. The second kappa shape index (κ2) is 7.94. The lowest BCUT2D eigenvalue weighted by Crippen LogP contribution is -2.09. The van der Waals surface area contributed by atoms with Crippen molar-refractivity contribution in [3.8, 4) is 11.3 Å². The smallest absolute Gasteiger partial charge is 0.248 e. The molecule has 4 aromatic rings. The van der Waals surface area contributed by atoms with Crippen molar-refractivity contribution in [2.45, 2.75) is 13.8 Å². The molecule has 5 heteroatoms. The van der Waals surface area contributed by atoms with Gasteiger partial charge in [-0.2, -0.15) is 0 Å². The molecule has 0 fully saturated rings. The molecule has 2 heterocycles. The molecule has 0 atom stereocenters. The van der Waals surface area contributed by atoms with E-state index in [4.69, 9.17) is 16.6 Å². The third-order valence-electron chi connectivity index (χ3n) is 4.77. The van der Waals surface area contributed by atoms with Gasteiger partial charge in [0.1, 0.15) is 5.65 Å². The molecule has 29 heavy (non-hydrogen) atoms. The summed E-state index contributed by atoms with van der Waals surface area (Å²) in [5, 5.41) is 3.63. The Kier molecular flexibility index (Phi) is 5.19. The number of nitrogens with one attached hydrogen (secondary N) is 1. The first-order valence-corrected chi connectivity index (χ1v) is 9.67. The van der Waals surface area contributed by atoms with E-state index in [0.29, 0.717) is 5.02 Å². The van der Waals surface area contributed by atoms with Gasteiger partial charge in [-0.1, -0.05) is 41.9 Å². The number of hydrogen-bond donors (Lipinski definition) is 1. The molecule has 0 bridgehead atoms. The fraction of sp³-hybridized carbons (Fsp3) is 0.0833. The maximum absolute atomic E-state index is 12.4. The number of anilines is 1. The van der Waals surface area contributed by atoms with Crippen molar-refractivity contribution in [1.29, 1.82) is 0 Å². The van der Waals surface area contributed by atoms with Crippen LogP contribution in [0.5, 0.6) is 0 Å². The molecule has 2 aromatic carbocycles. The summed E-state index contributed by atoms with van der Waals surface area (Å²) in [5.74, 6) is -0.189. The van der Waals surface area contributed by atoms with Gasteiger partial charge in [0.25, 0.3) is 0 Å². The number of hydrogen-bond acceptors (Lipinski definition) is 2. The summed E-state index contributed by atoms with van der Waals surface area (Å²) in [6, 6.07) is 17.3. The van der Waals surface area contributed by atoms with Gasteiger partial charge >= 0.3 is 0 Å². The van der Waals surface area contributed by atoms with E-state index in [-0.39, 0.29) is 5.91 Å². The van der Waals surface area contributed by atoms with E-state index in [0.717, 1.165) is 39.3 Å². The van der Waals surface area contributed by atoms with Crippen molar-refractivity contribution in [3.05, 3.63) is 94.8 Å². The molecule has 0 spiro atoms. The van der Waals surface area contributed by atoms with Crippen LogP contribution < -0.4 is 5.32 Å². The van der Waals surface area contributed by atoms with Gasteiger partial charge in [0.2, 0.25) is 5.91 Å². The number of nitrogens with zero attached hydrogens (tertiary/aromatic N) is 2. The number of rotatable bonds is 4. The molecule has 0 aliphatic rings. The van der Waals surface area contributed by atoms with Crippen LogP contribution in [0, 0.1) is 13.8 Å². The standard InChI is InChI=1S/C24H20ClN3O/c1-16-5-9-19(22-15-28-13-3-4-17(2)24(28)27-22)14-21(16)26-23(29)12-8-18-6-10-20(25)11-7-18/h3-15H,1-2H3,(H,26,29)/b12-8+. The van der Waals surface area contributed by atoms with Gasteiger partial charge in [0.15, 0.2) is 0 Å². The Morgan fingerprint density at radius 3 is 2.62 bits per heavy atom. The monoisotopic (exact) mass is 401 g/mol. The fourth-order valence-electron chi connectivity index (χ4n) is 3.13. The molecule has 4 nitrogen and oxygen atoms in total. The largest absolute Gasteiger partial charge is 0.322 e. The van der Waals surface area contributed by atoms with Crippen LogP contribution in [0.3, 0.4) is 0 Å². The summed E-state index contributed by atoms with van der Waals surface area (Å²) in [5.41, 5.74) is 6.53. The zero-order valence-electron chi connectivity index (χ0n) is 16.2. The minimum absolute atomic E-state index is 0.189. The van der Waals surface area contributed by atoms with Crippen molar-refractivity contribution in [2.75, 3.05) is 5.32 Å². The van der Waals surface area contributed by atoms with Crippen LogP contribution in [0.4, 0.5) is 5.69 Å². The van der Waals surface area contributed by atoms with Crippen molar-refractivity contribution < 1.29 is 4.79 Å². The Bertz CT molecular complexity index is 1220. The van der Waals surface area contributed by atoms with Gasteiger partial charge < -0.3 is 9.72 Å². The Labute approximate surface area is 174 Å². The highest BCUT2D eigenvalue weighted by Gasteiger charge is 2.09. The van der Waals surface area contributed by atoms with Crippen LogP contribution in [0.25, 0.3) is 23.0 Å². The predicted molar refractivity (Wildman–Crippen MR) is 119 cm³/mol. The van der Waals surface area contributed by atoms with Crippen LogP contribution in [-0.4, -0.2) is 15.3 Å². The molecule has 0 radical (unpaired) electrons. The number of carbonyl (C=O) groups excluding carboxylic acids is 1. The van der Waals surface area contributed by atoms with Crippen LogP contribution in [0.15, 0.2) is 73.1 Å². The van der Waals surface area contributed by atoms with Gasteiger partial charge in [-0.05, 0) is 60.9 Å². The number of aryl methyl sites for hydroxylation is 2. The van der Waals surface area contributed by atoms with Gasteiger partial charge in [0, 0.05) is 34.7 Å². The molecule has 0 aliphatic carbocycles. The van der Waals surface area contributed by atoms with E-state index in [2.05, 4.69) is 5.32 Å². The van der Waals surface area contributed by atoms with E-state index >= 15 is 0 Å². The number of aromatic nitrogens is 2. The highest BCUT2D eigenvalue weighted by molar-refractivity contribution is 6.30. The highest BCUT2D eigenvalue weighted by Crippen LogP contribution is 2.26.